The summed E-state index contributed by atoms with van der Waals surface area (Å²) in [4.78, 5) is 23.8. The van der Waals surface area contributed by atoms with Gasteiger partial charge >= 0.3 is 0 Å². The topological polar surface area (TPSA) is 75.9 Å². The zero-order valence-electron chi connectivity index (χ0n) is 16.1. The molecule has 0 unspecified atom stereocenters. The Kier molecular flexibility index (Phi) is 5.50. The molecule has 28 heavy (non-hydrogen) atoms. The fraction of sp³-hybridized carbons (Fsp3) is 0.400. The van der Waals surface area contributed by atoms with Crippen molar-refractivity contribution in [3.05, 3.63) is 48.0 Å². The van der Waals surface area contributed by atoms with E-state index in [2.05, 4.69) is 34.2 Å². The molecule has 8 heteroatoms. The summed E-state index contributed by atoms with van der Waals surface area (Å²) in [6, 6.07) is 4.21. The van der Waals surface area contributed by atoms with Crippen LogP contribution in [0.5, 0.6) is 0 Å². The molecule has 1 N–H and O–H groups in total. The lowest BCUT2D eigenvalue weighted by Gasteiger charge is -2.37. The minimum atomic E-state index is 0.0194. The number of nitrogens with zero attached hydrogens (tertiary/aromatic N) is 5. The normalized spacial score (nSPS) is 15.1. The molecule has 1 fully saturated rings. The number of carbonyl (C=O) groups is 1. The maximum atomic E-state index is 13.2. The van der Waals surface area contributed by atoms with E-state index in [-0.39, 0.29) is 18.0 Å². The van der Waals surface area contributed by atoms with Crippen LogP contribution in [0.2, 0.25) is 0 Å². The molecule has 0 radical (unpaired) electrons. The average molecular weight is 397 g/mol. The van der Waals surface area contributed by atoms with Crippen molar-refractivity contribution in [3.8, 4) is 16.3 Å². The molecule has 0 spiro atoms. The Labute approximate surface area is 168 Å². The highest BCUT2D eigenvalue weighted by molar-refractivity contribution is 7.13. The predicted octanol–water partition coefficient (Wildman–Crippen LogP) is 2.99. The van der Waals surface area contributed by atoms with Gasteiger partial charge in [-0.1, -0.05) is 0 Å². The average Bonchev–Trinajstić information content (AvgIpc) is 3.39. The summed E-state index contributed by atoms with van der Waals surface area (Å²) >= 11 is 1.48. The lowest BCUT2D eigenvalue weighted by Crippen LogP contribution is -2.49. The first-order valence-corrected chi connectivity index (χ1v) is 10.5. The monoisotopic (exact) mass is 396 g/mol. The Morgan fingerprint density at radius 2 is 2.04 bits per heavy atom. The molecule has 1 aliphatic heterocycles. The second-order valence-electron chi connectivity index (χ2n) is 7.20. The second kappa shape index (κ2) is 8.20. The van der Waals surface area contributed by atoms with Crippen LogP contribution in [0.1, 0.15) is 37.2 Å². The van der Waals surface area contributed by atoms with E-state index in [1.165, 1.54) is 11.3 Å². The Morgan fingerprint density at radius 3 is 2.75 bits per heavy atom. The molecule has 0 aromatic carbocycles. The van der Waals surface area contributed by atoms with Gasteiger partial charge in [0.1, 0.15) is 10.7 Å². The van der Waals surface area contributed by atoms with Crippen LogP contribution in [-0.2, 0) is 0 Å². The van der Waals surface area contributed by atoms with Gasteiger partial charge in [-0.2, -0.15) is 5.10 Å². The smallest absolute Gasteiger partial charge is 0.273 e. The number of carbonyl (C=O) groups excluding carboxylic acids is 1. The van der Waals surface area contributed by atoms with Crippen molar-refractivity contribution in [2.75, 3.05) is 13.1 Å². The lowest BCUT2D eigenvalue weighted by atomic mass is 10.0. The molecule has 0 aliphatic carbocycles. The number of amides is 1. The van der Waals surface area contributed by atoms with Crippen molar-refractivity contribution in [1.29, 1.82) is 0 Å². The molecule has 146 valence electrons. The third kappa shape index (κ3) is 3.83. The van der Waals surface area contributed by atoms with Crippen LogP contribution in [0.25, 0.3) is 16.3 Å². The van der Waals surface area contributed by atoms with Gasteiger partial charge in [0, 0.05) is 41.6 Å². The minimum absolute atomic E-state index is 0.0194. The van der Waals surface area contributed by atoms with E-state index in [4.69, 9.17) is 0 Å². The van der Waals surface area contributed by atoms with Gasteiger partial charge in [0.2, 0.25) is 0 Å². The molecule has 4 rings (SSSR count). The van der Waals surface area contributed by atoms with Crippen molar-refractivity contribution in [3.63, 3.8) is 0 Å². The standard InChI is InChI=1S/C20H24N6OS/c1-14(2)26(17-5-9-22-10-6-17)20(27)18-13-28-19(24-18)15-11-23-25(12-15)16-3-7-21-8-4-16/h3-4,7-8,11-14,17,22H,5-6,9-10H2,1-2H3. The van der Waals surface area contributed by atoms with Crippen LogP contribution < -0.4 is 5.32 Å². The van der Waals surface area contributed by atoms with E-state index < -0.39 is 0 Å². The number of nitrogens with one attached hydrogen (secondary N) is 1. The van der Waals surface area contributed by atoms with Crippen LogP contribution >= 0.6 is 11.3 Å². The van der Waals surface area contributed by atoms with Gasteiger partial charge in [0.15, 0.2) is 0 Å². The second-order valence-corrected chi connectivity index (χ2v) is 8.06. The zero-order chi connectivity index (χ0) is 19.5. The Balaban J connectivity index is 1.55. The quantitative estimate of drug-likeness (QED) is 0.717. The van der Waals surface area contributed by atoms with Gasteiger partial charge in [-0.3, -0.25) is 9.78 Å². The summed E-state index contributed by atoms with van der Waals surface area (Å²) in [5, 5.41) is 10.4. The molecule has 3 aromatic heterocycles. The van der Waals surface area contributed by atoms with Gasteiger partial charge in [-0.05, 0) is 51.9 Å². The fourth-order valence-corrected chi connectivity index (χ4v) is 4.38. The van der Waals surface area contributed by atoms with Gasteiger partial charge in [0.25, 0.3) is 5.91 Å². The molecule has 0 atom stereocenters. The number of pyridine rings is 1. The highest BCUT2D eigenvalue weighted by Gasteiger charge is 2.29. The van der Waals surface area contributed by atoms with Crippen molar-refractivity contribution in [2.45, 2.75) is 38.8 Å². The Hall–Kier alpha value is -2.58. The highest BCUT2D eigenvalue weighted by atomic mass is 32.1. The van der Waals surface area contributed by atoms with Crippen LogP contribution in [0.4, 0.5) is 0 Å². The van der Waals surface area contributed by atoms with Gasteiger partial charge in [-0.15, -0.1) is 11.3 Å². The number of piperidine rings is 1. The molecule has 0 saturated carbocycles. The number of rotatable bonds is 5. The predicted molar refractivity (Wildman–Crippen MR) is 110 cm³/mol. The van der Waals surface area contributed by atoms with Crippen LogP contribution in [0.3, 0.4) is 0 Å². The van der Waals surface area contributed by atoms with Gasteiger partial charge < -0.3 is 10.2 Å². The number of hydrogen-bond acceptors (Lipinski definition) is 6. The third-order valence-electron chi connectivity index (χ3n) is 4.97. The highest BCUT2D eigenvalue weighted by Crippen LogP contribution is 2.26. The van der Waals surface area contributed by atoms with Crippen LogP contribution in [0.15, 0.2) is 42.3 Å². The van der Waals surface area contributed by atoms with Crippen molar-refractivity contribution in [1.82, 2.24) is 30.0 Å². The van der Waals surface area contributed by atoms with Crippen LogP contribution in [0, 0.1) is 0 Å². The van der Waals surface area contributed by atoms with E-state index in [9.17, 15) is 4.79 Å². The number of aromatic nitrogens is 4. The lowest BCUT2D eigenvalue weighted by molar-refractivity contribution is 0.0560. The molecular formula is C20H24N6OS. The molecule has 7 nitrogen and oxygen atoms in total. The Morgan fingerprint density at radius 1 is 1.29 bits per heavy atom. The number of hydrogen-bond donors (Lipinski definition) is 1. The third-order valence-corrected chi connectivity index (χ3v) is 5.86. The van der Waals surface area contributed by atoms with Crippen molar-refractivity contribution in [2.24, 2.45) is 0 Å². The summed E-state index contributed by atoms with van der Waals surface area (Å²) in [6.45, 7) is 6.06. The molecule has 0 bridgehead atoms. The zero-order valence-corrected chi connectivity index (χ0v) is 16.9. The van der Waals surface area contributed by atoms with Crippen molar-refractivity contribution >= 4 is 17.2 Å². The molecular weight excluding hydrogens is 372 g/mol. The maximum absolute atomic E-state index is 13.2. The molecule has 3 aromatic rings. The molecule has 1 aliphatic rings. The maximum Gasteiger partial charge on any atom is 0.273 e. The van der Waals surface area contributed by atoms with E-state index in [0.29, 0.717) is 5.69 Å². The van der Waals surface area contributed by atoms with E-state index in [1.807, 2.05) is 28.6 Å². The first-order chi connectivity index (χ1) is 13.6. The number of thiazole rings is 1. The summed E-state index contributed by atoms with van der Waals surface area (Å²) in [7, 11) is 0. The molecule has 1 amide bonds. The first-order valence-electron chi connectivity index (χ1n) is 9.58. The molecule has 4 heterocycles. The summed E-state index contributed by atoms with van der Waals surface area (Å²) in [5.74, 6) is 0.0194. The van der Waals surface area contributed by atoms with E-state index >= 15 is 0 Å². The van der Waals surface area contributed by atoms with Crippen LogP contribution in [-0.4, -0.2) is 55.7 Å². The van der Waals surface area contributed by atoms with Gasteiger partial charge in [-0.25, -0.2) is 9.67 Å². The first kappa shape index (κ1) is 18.8. The SMILES string of the molecule is CC(C)N(C(=O)c1csc(-c2cnn(-c3ccncc3)c2)n1)C1CCNCC1. The fourth-order valence-electron chi connectivity index (χ4n) is 3.61. The largest absolute Gasteiger partial charge is 0.332 e. The summed E-state index contributed by atoms with van der Waals surface area (Å²) < 4.78 is 1.79. The summed E-state index contributed by atoms with van der Waals surface area (Å²) in [6.07, 6.45) is 9.14. The minimum Gasteiger partial charge on any atom is -0.332 e. The summed E-state index contributed by atoms with van der Waals surface area (Å²) in [5.41, 5.74) is 2.36. The van der Waals surface area contributed by atoms with E-state index in [0.717, 1.165) is 42.2 Å². The van der Waals surface area contributed by atoms with Crippen molar-refractivity contribution < 1.29 is 4.79 Å². The van der Waals surface area contributed by atoms with E-state index in [1.54, 1.807) is 23.3 Å². The Bertz CT molecular complexity index is 929. The van der Waals surface area contributed by atoms with Gasteiger partial charge in [0.05, 0.1) is 11.9 Å². The molecule has 1 saturated heterocycles.